The first kappa shape index (κ1) is 16.6. The summed E-state index contributed by atoms with van der Waals surface area (Å²) in [5.74, 6) is 0.651. The number of thioether (sulfide) groups is 1. The van der Waals surface area contributed by atoms with E-state index in [2.05, 4.69) is 0 Å². The van der Waals surface area contributed by atoms with Gasteiger partial charge in [0.05, 0.1) is 18.0 Å². The van der Waals surface area contributed by atoms with Crippen molar-refractivity contribution in [1.82, 2.24) is 4.31 Å². The van der Waals surface area contributed by atoms with Crippen molar-refractivity contribution in [2.45, 2.75) is 31.0 Å². The van der Waals surface area contributed by atoms with Crippen molar-refractivity contribution in [2.75, 3.05) is 30.3 Å². The van der Waals surface area contributed by atoms with Gasteiger partial charge in [0.2, 0.25) is 10.0 Å². The SMILES string of the molecule is CC1CN(S(=O)(=O)CCSc2cccc(N)c2)CC(C)O1. The van der Waals surface area contributed by atoms with E-state index >= 15 is 0 Å². The summed E-state index contributed by atoms with van der Waals surface area (Å²) in [6.45, 7) is 4.69. The first-order chi connectivity index (χ1) is 9.87. The van der Waals surface area contributed by atoms with Crippen LogP contribution in [-0.4, -0.2) is 49.5 Å². The van der Waals surface area contributed by atoms with Crippen LogP contribution in [-0.2, 0) is 14.8 Å². The largest absolute Gasteiger partial charge is 0.399 e. The average molecular weight is 330 g/mol. The molecule has 1 aliphatic heterocycles. The Morgan fingerprint density at radius 2 is 2.00 bits per heavy atom. The number of nitrogens with two attached hydrogens (primary N) is 1. The summed E-state index contributed by atoms with van der Waals surface area (Å²) in [5, 5.41) is 0. The second kappa shape index (κ2) is 7.00. The summed E-state index contributed by atoms with van der Waals surface area (Å²) in [6.07, 6.45) is -0.102. The average Bonchev–Trinajstić information content (AvgIpc) is 2.37. The van der Waals surface area contributed by atoms with Gasteiger partial charge in [0.1, 0.15) is 0 Å². The van der Waals surface area contributed by atoms with Crippen LogP contribution in [0.1, 0.15) is 13.8 Å². The molecule has 2 N–H and O–H groups in total. The summed E-state index contributed by atoms with van der Waals surface area (Å²) in [6, 6.07) is 7.48. The van der Waals surface area contributed by atoms with E-state index in [0.717, 1.165) is 4.90 Å². The number of anilines is 1. The topological polar surface area (TPSA) is 72.6 Å². The second-order valence-electron chi connectivity index (χ2n) is 5.31. The Morgan fingerprint density at radius 3 is 2.62 bits per heavy atom. The summed E-state index contributed by atoms with van der Waals surface area (Å²) in [7, 11) is -3.23. The van der Waals surface area contributed by atoms with Crippen LogP contribution in [0, 0.1) is 0 Å². The molecule has 118 valence electrons. The fourth-order valence-corrected chi connectivity index (χ4v) is 5.29. The standard InChI is InChI=1S/C14H22N2O3S2/c1-11-9-16(10-12(2)19-11)21(17,18)7-6-20-14-5-3-4-13(15)8-14/h3-5,8,11-12H,6-7,9-10,15H2,1-2H3. The van der Waals surface area contributed by atoms with Crippen molar-refractivity contribution in [3.05, 3.63) is 24.3 Å². The highest BCUT2D eigenvalue weighted by Crippen LogP contribution is 2.21. The Balaban J connectivity index is 1.89. The molecule has 1 saturated heterocycles. The van der Waals surface area contributed by atoms with E-state index in [9.17, 15) is 8.42 Å². The number of morpholine rings is 1. The zero-order valence-electron chi connectivity index (χ0n) is 12.4. The van der Waals surface area contributed by atoms with Crippen LogP contribution in [0.3, 0.4) is 0 Å². The molecule has 0 saturated carbocycles. The fourth-order valence-electron chi connectivity index (χ4n) is 2.36. The van der Waals surface area contributed by atoms with Crippen molar-refractivity contribution in [3.63, 3.8) is 0 Å². The molecule has 2 unspecified atom stereocenters. The quantitative estimate of drug-likeness (QED) is 0.658. The van der Waals surface area contributed by atoms with E-state index in [0.29, 0.717) is 24.5 Å². The van der Waals surface area contributed by atoms with Crippen LogP contribution in [0.2, 0.25) is 0 Å². The van der Waals surface area contributed by atoms with Gasteiger partial charge in [-0.2, -0.15) is 4.31 Å². The van der Waals surface area contributed by atoms with Crippen molar-refractivity contribution in [2.24, 2.45) is 0 Å². The van der Waals surface area contributed by atoms with Crippen LogP contribution in [0.25, 0.3) is 0 Å². The van der Waals surface area contributed by atoms with Gasteiger partial charge in [0.25, 0.3) is 0 Å². The summed E-state index contributed by atoms with van der Waals surface area (Å²) >= 11 is 1.51. The Kier molecular flexibility index (Phi) is 5.54. The number of nitrogens with zero attached hydrogens (tertiary/aromatic N) is 1. The summed E-state index contributed by atoms with van der Waals surface area (Å²) in [5.41, 5.74) is 6.40. The van der Waals surface area contributed by atoms with E-state index in [1.165, 1.54) is 11.8 Å². The number of hydrogen-bond donors (Lipinski definition) is 1. The molecule has 5 nitrogen and oxygen atoms in total. The maximum atomic E-state index is 12.4. The van der Waals surface area contributed by atoms with E-state index in [-0.39, 0.29) is 18.0 Å². The van der Waals surface area contributed by atoms with Crippen molar-refractivity contribution in [1.29, 1.82) is 0 Å². The van der Waals surface area contributed by atoms with Gasteiger partial charge in [-0.3, -0.25) is 0 Å². The molecule has 21 heavy (non-hydrogen) atoms. The normalized spacial score (nSPS) is 24.1. The lowest BCUT2D eigenvalue weighted by atomic mass is 10.3. The van der Waals surface area contributed by atoms with E-state index in [1.54, 1.807) is 4.31 Å². The predicted molar refractivity (Wildman–Crippen MR) is 86.9 cm³/mol. The van der Waals surface area contributed by atoms with Crippen LogP contribution in [0.4, 0.5) is 5.69 Å². The summed E-state index contributed by atoms with van der Waals surface area (Å²) < 4.78 is 31.9. The smallest absolute Gasteiger partial charge is 0.215 e. The molecule has 2 rings (SSSR count). The number of nitrogen functional groups attached to an aromatic ring is 1. The van der Waals surface area contributed by atoms with Crippen LogP contribution in [0.5, 0.6) is 0 Å². The minimum atomic E-state index is -3.23. The predicted octanol–water partition coefficient (Wildman–Crippen LogP) is 1.80. The van der Waals surface area contributed by atoms with Gasteiger partial charge in [0.15, 0.2) is 0 Å². The molecule has 2 atom stereocenters. The fraction of sp³-hybridized carbons (Fsp3) is 0.571. The highest BCUT2D eigenvalue weighted by Gasteiger charge is 2.30. The molecule has 1 heterocycles. The highest BCUT2D eigenvalue weighted by molar-refractivity contribution is 8.00. The van der Waals surface area contributed by atoms with Crippen LogP contribution < -0.4 is 5.73 Å². The Bertz CT molecular complexity index is 567. The molecule has 0 aliphatic carbocycles. The third kappa shape index (κ3) is 4.88. The van der Waals surface area contributed by atoms with Gasteiger partial charge in [-0.1, -0.05) is 6.07 Å². The van der Waals surface area contributed by atoms with Crippen molar-refractivity contribution < 1.29 is 13.2 Å². The lowest BCUT2D eigenvalue weighted by Gasteiger charge is -2.34. The van der Waals surface area contributed by atoms with Gasteiger partial charge in [-0.25, -0.2) is 8.42 Å². The number of benzene rings is 1. The lowest BCUT2D eigenvalue weighted by molar-refractivity contribution is -0.0440. The van der Waals surface area contributed by atoms with Gasteiger partial charge >= 0.3 is 0 Å². The molecule has 1 aromatic carbocycles. The number of rotatable bonds is 5. The van der Waals surface area contributed by atoms with Crippen LogP contribution >= 0.6 is 11.8 Å². The maximum Gasteiger partial charge on any atom is 0.215 e. The molecule has 1 fully saturated rings. The molecule has 0 radical (unpaired) electrons. The molecule has 0 bridgehead atoms. The Morgan fingerprint density at radius 1 is 1.33 bits per heavy atom. The van der Waals surface area contributed by atoms with E-state index in [4.69, 9.17) is 10.5 Å². The lowest BCUT2D eigenvalue weighted by Crippen LogP contribution is -2.49. The third-order valence-electron chi connectivity index (χ3n) is 3.25. The summed E-state index contributed by atoms with van der Waals surface area (Å²) in [4.78, 5) is 0.994. The first-order valence-corrected chi connectivity index (χ1v) is 9.58. The molecule has 1 aliphatic rings. The molecule has 0 amide bonds. The van der Waals surface area contributed by atoms with Crippen LogP contribution in [0.15, 0.2) is 29.2 Å². The number of ether oxygens (including phenoxy) is 1. The minimum absolute atomic E-state index is 0.0508. The van der Waals surface area contributed by atoms with Gasteiger partial charge in [-0.15, -0.1) is 11.8 Å². The zero-order valence-corrected chi connectivity index (χ0v) is 14.0. The molecule has 0 spiro atoms. The Labute approximate surface area is 130 Å². The first-order valence-electron chi connectivity index (χ1n) is 6.98. The highest BCUT2D eigenvalue weighted by atomic mass is 32.2. The number of hydrogen-bond acceptors (Lipinski definition) is 5. The maximum absolute atomic E-state index is 12.4. The zero-order chi connectivity index (χ0) is 15.5. The molecular weight excluding hydrogens is 308 g/mol. The molecule has 7 heteroatoms. The Hall–Kier alpha value is -0.760. The number of sulfonamides is 1. The van der Waals surface area contributed by atoms with Crippen molar-refractivity contribution >= 4 is 27.5 Å². The van der Waals surface area contributed by atoms with Gasteiger partial charge in [-0.05, 0) is 32.0 Å². The third-order valence-corrected chi connectivity index (χ3v) is 6.31. The molecule has 1 aromatic rings. The van der Waals surface area contributed by atoms with E-state index < -0.39 is 10.0 Å². The minimum Gasteiger partial charge on any atom is -0.399 e. The molecule has 0 aromatic heterocycles. The van der Waals surface area contributed by atoms with E-state index in [1.807, 2.05) is 38.1 Å². The van der Waals surface area contributed by atoms with Gasteiger partial charge < -0.3 is 10.5 Å². The molecular formula is C14H22N2O3S2. The van der Waals surface area contributed by atoms with Crippen molar-refractivity contribution in [3.8, 4) is 0 Å². The second-order valence-corrected chi connectivity index (χ2v) is 8.57. The monoisotopic (exact) mass is 330 g/mol. The van der Waals surface area contributed by atoms with Gasteiger partial charge in [0, 0.05) is 29.4 Å².